The van der Waals surface area contributed by atoms with Crippen LogP contribution in [0.25, 0.3) is 0 Å². The van der Waals surface area contributed by atoms with Crippen LogP contribution in [0.4, 0.5) is 4.79 Å². The standard InChI is InChI=1S/C20H24BrN3O3S/c21-18-9-4-10-19(16-18)28(26,27)24-14-12-23(13-15-24)20(25)22-11-5-8-17-6-2-1-3-7-17/h1-4,6-7,9-10,16H,5,8,11-15H2,(H,22,25). The molecule has 1 saturated heterocycles. The summed E-state index contributed by atoms with van der Waals surface area (Å²) in [6.45, 7) is 1.97. The summed E-state index contributed by atoms with van der Waals surface area (Å²) < 4.78 is 27.7. The fraction of sp³-hybridized carbons (Fsp3) is 0.350. The zero-order valence-electron chi connectivity index (χ0n) is 15.6. The molecule has 1 N–H and O–H groups in total. The Morgan fingerprint density at radius 2 is 1.71 bits per heavy atom. The number of hydrogen-bond acceptors (Lipinski definition) is 3. The first kappa shape index (κ1) is 20.8. The van der Waals surface area contributed by atoms with E-state index in [1.807, 2.05) is 18.2 Å². The summed E-state index contributed by atoms with van der Waals surface area (Å²) in [4.78, 5) is 14.3. The highest BCUT2D eigenvalue weighted by Crippen LogP contribution is 2.21. The van der Waals surface area contributed by atoms with E-state index >= 15 is 0 Å². The second kappa shape index (κ2) is 9.54. The van der Waals surface area contributed by atoms with Gasteiger partial charge in [0.15, 0.2) is 0 Å². The monoisotopic (exact) mass is 465 g/mol. The Labute approximate surface area is 174 Å². The lowest BCUT2D eigenvalue weighted by Crippen LogP contribution is -2.53. The van der Waals surface area contributed by atoms with Crippen LogP contribution in [0, 0.1) is 0 Å². The van der Waals surface area contributed by atoms with E-state index in [0.29, 0.717) is 32.7 Å². The molecule has 2 amide bonds. The minimum atomic E-state index is -3.54. The van der Waals surface area contributed by atoms with Gasteiger partial charge in [0.2, 0.25) is 10.0 Å². The molecule has 0 aromatic heterocycles. The van der Waals surface area contributed by atoms with E-state index in [1.54, 1.807) is 29.2 Å². The van der Waals surface area contributed by atoms with Gasteiger partial charge in [-0.2, -0.15) is 4.31 Å². The minimum Gasteiger partial charge on any atom is -0.338 e. The summed E-state index contributed by atoms with van der Waals surface area (Å²) in [5.41, 5.74) is 1.25. The molecule has 1 heterocycles. The molecule has 2 aromatic rings. The van der Waals surface area contributed by atoms with Gasteiger partial charge < -0.3 is 10.2 Å². The smallest absolute Gasteiger partial charge is 0.317 e. The number of urea groups is 1. The second-order valence-corrected chi connectivity index (χ2v) is 9.52. The maximum atomic E-state index is 12.7. The molecule has 6 nitrogen and oxygen atoms in total. The van der Waals surface area contributed by atoms with E-state index in [9.17, 15) is 13.2 Å². The maximum absolute atomic E-state index is 12.7. The van der Waals surface area contributed by atoms with Crippen molar-refractivity contribution in [1.29, 1.82) is 0 Å². The molecule has 1 aliphatic heterocycles. The van der Waals surface area contributed by atoms with Gasteiger partial charge in [-0.3, -0.25) is 0 Å². The van der Waals surface area contributed by atoms with Gasteiger partial charge in [0.25, 0.3) is 0 Å². The summed E-state index contributed by atoms with van der Waals surface area (Å²) >= 11 is 3.31. The van der Waals surface area contributed by atoms with Crippen molar-refractivity contribution in [2.24, 2.45) is 0 Å². The third kappa shape index (κ3) is 5.33. The summed E-state index contributed by atoms with van der Waals surface area (Å²) in [5.74, 6) is 0. The Balaban J connectivity index is 1.45. The van der Waals surface area contributed by atoms with Crippen LogP contribution in [0.5, 0.6) is 0 Å². The average molecular weight is 466 g/mol. The first-order valence-electron chi connectivity index (χ1n) is 9.29. The lowest BCUT2D eigenvalue weighted by molar-refractivity contribution is 0.172. The van der Waals surface area contributed by atoms with Gasteiger partial charge in [-0.15, -0.1) is 0 Å². The summed E-state index contributed by atoms with van der Waals surface area (Å²) in [7, 11) is -3.54. The topological polar surface area (TPSA) is 69.7 Å². The van der Waals surface area contributed by atoms with Gasteiger partial charge in [-0.1, -0.05) is 52.3 Å². The van der Waals surface area contributed by atoms with E-state index in [-0.39, 0.29) is 10.9 Å². The molecular formula is C20H24BrN3O3S. The number of carbonyl (C=O) groups is 1. The predicted molar refractivity (Wildman–Crippen MR) is 113 cm³/mol. The van der Waals surface area contributed by atoms with Crippen molar-refractivity contribution in [2.45, 2.75) is 17.7 Å². The summed E-state index contributed by atoms with van der Waals surface area (Å²) in [6.07, 6.45) is 1.78. The first-order chi connectivity index (χ1) is 13.5. The fourth-order valence-corrected chi connectivity index (χ4v) is 5.17. The third-order valence-corrected chi connectivity index (χ3v) is 7.11. The summed E-state index contributed by atoms with van der Waals surface area (Å²) in [5, 5.41) is 2.93. The zero-order valence-corrected chi connectivity index (χ0v) is 18.0. The molecule has 1 fully saturated rings. The van der Waals surface area contributed by atoms with Gasteiger partial charge >= 0.3 is 6.03 Å². The molecule has 0 radical (unpaired) electrons. The Hall–Kier alpha value is -1.90. The van der Waals surface area contributed by atoms with Crippen LogP contribution in [0.2, 0.25) is 0 Å². The Morgan fingerprint density at radius 1 is 1.00 bits per heavy atom. The van der Waals surface area contributed by atoms with Crippen LogP contribution in [0.3, 0.4) is 0 Å². The van der Waals surface area contributed by atoms with Crippen molar-refractivity contribution in [1.82, 2.24) is 14.5 Å². The molecule has 8 heteroatoms. The van der Waals surface area contributed by atoms with E-state index in [0.717, 1.165) is 17.3 Å². The van der Waals surface area contributed by atoms with Crippen LogP contribution in [0.15, 0.2) is 64.0 Å². The molecule has 0 unspecified atom stereocenters. The molecule has 150 valence electrons. The maximum Gasteiger partial charge on any atom is 0.317 e. The van der Waals surface area contributed by atoms with Crippen LogP contribution in [0.1, 0.15) is 12.0 Å². The van der Waals surface area contributed by atoms with Crippen LogP contribution >= 0.6 is 15.9 Å². The van der Waals surface area contributed by atoms with Crippen molar-refractivity contribution in [3.63, 3.8) is 0 Å². The highest BCUT2D eigenvalue weighted by molar-refractivity contribution is 9.10. The first-order valence-corrected chi connectivity index (χ1v) is 11.5. The number of amides is 2. The SMILES string of the molecule is O=C(NCCCc1ccccc1)N1CCN(S(=O)(=O)c2cccc(Br)c2)CC1. The number of carbonyl (C=O) groups excluding carboxylic acids is 1. The lowest BCUT2D eigenvalue weighted by Gasteiger charge is -2.34. The van der Waals surface area contributed by atoms with Crippen molar-refractivity contribution in [3.8, 4) is 0 Å². The number of piperazine rings is 1. The normalized spacial score (nSPS) is 15.4. The molecule has 0 bridgehead atoms. The lowest BCUT2D eigenvalue weighted by atomic mass is 10.1. The van der Waals surface area contributed by atoms with Crippen molar-refractivity contribution in [2.75, 3.05) is 32.7 Å². The molecule has 0 spiro atoms. The van der Waals surface area contributed by atoms with Crippen molar-refractivity contribution < 1.29 is 13.2 Å². The molecule has 1 aliphatic rings. The van der Waals surface area contributed by atoms with Gasteiger partial charge in [0.1, 0.15) is 0 Å². The van der Waals surface area contributed by atoms with Crippen LogP contribution in [-0.4, -0.2) is 56.4 Å². The van der Waals surface area contributed by atoms with E-state index in [1.165, 1.54) is 9.87 Å². The van der Waals surface area contributed by atoms with Crippen LogP contribution in [-0.2, 0) is 16.4 Å². The molecule has 0 aliphatic carbocycles. The van der Waals surface area contributed by atoms with Crippen molar-refractivity contribution in [3.05, 3.63) is 64.6 Å². The number of rotatable bonds is 6. The Kier molecular flexibility index (Phi) is 7.09. The predicted octanol–water partition coefficient (Wildman–Crippen LogP) is 3.10. The number of sulfonamides is 1. The largest absolute Gasteiger partial charge is 0.338 e. The quantitative estimate of drug-likeness (QED) is 0.666. The number of halogens is 1. The number of nitrogens with zero attached hydrogens (tertiary/aromatic N) is 2. The Morgan fingerprint density at radius 3 is 2.39 bits per heavy atom. The van der Waals surface area contributed by atoms with Gasteiger partial charge in [0.05, 0.1) is 4.90 Å². The molecule has 3 rings (SSSR count). The van der Waals surface area contributed by atoms with Crippen LogP contribution < -0.4 is 5.32 Å². The van der Waals surface area contributed by atoms with Crippen molar-refractivity contribution >= 4 is 32.0 Å². The van der Waals surface area contributed by atoms with E-state index in [2.05, 4.69) is 33.4 Å². The highest BCUT2D eigenvalue weighted by Gasteiger charge is 2.30. The third-order valence-electron chi connectivity index (χ3n) is 4.72. The van der Waals surface area contributed by atoms with E-state index < -0.39 is 10.0 Å². The van der Waals surface area contributed by atoms with E-state index in [4.69, 9.17) is 0 Å². The molecule has 2 aromatic carbocycles. The number of hydrogen-bond donors (Lipinski definition) is 1. The summed E-state index contributed by atoms with van der Waals surface area (Å²) in [6, 6.07) is 16.7. The Bertz CT molecular complexity index is 898. The zero-order chi connectivity index (χ0) is 20.0. The van der Waals surface area contributed by atoms with Gasteiger partial charge in [0, 0.05) is 37.2 Å². The minimum absolute atomic E-state index is 0.132. The molecule has 28 heavy (non-hydrogen) atoms. The number of nitrogens with one attached hydrogen (secondary N) is 1. The average Bonchev–Trinajstić information content (AvgIpc) is 2.72. The number of aryl methyl sites for hydroxylation is 1. The highest BCUT2D eigenvalue weighted by atomic mass is 79.9. The second-order valence-electron chi connectivity index (χ2n) is 6.67. The molecule has 0 saturated carbocycles. The van der Waals surface area contributed by atoms with Gasteiger partial charge in [-0.05, 0) is 36.6 Å². The van der Waals surface area contributed by atoms with Gasteiger partial charge in [-0.25, -0.2) is 13.2 Å². The number of benzene rings is 2. The molecular weight excluding hydrogens is 442 g/mol. The fourth-order valence-electron chi connectivity index (χ4n) is 3.15. The molecule has 0 atom stereocenters.